The molecule has 1 aromatic carbocycles. The first-order valence-corrected chi connectivity index (χ1v) is 10.3. The number of nitrogens with zero attached hydrogens (tertiary/aromatic N) is 1. The van der Waals surface area contributed by atoms with Gasteiger partial charge in [-0.05, 0) is 52.7 Å². The van der Waals surface area contributed by atoms with Crippen LogP contribution in [0.3, 0.4) is 0 Å². The van der Waals surface area contributed by atoms with E-state index in [0.717, 1.165) is 5.56 Å². The Morgan fingerprint density at radius 3 is 2.61 bits per heavy atom. The Labute approximate surface area is 183 Å². The second-order valence-electron chi connectivity index (χ2n) is 7.21. The van der Waals surface area contributed by atoms with E-state index in [0.29, 0.717) is 35.8 Å². The molecule has 0 saturated heterocycles. The SMILES string of the molecule is C=CCc1cc(C2C(C#N)=C(N)OC(C)=C2C(=O)OCC)cc(OCC)c1OC(C)C. The van der Waals surface area contributed by atoms with Crippen molar-refractivity contribution in [3.05, 3.63) is 58.7 Å². The summed E-state index contributed by atoms with van der Waals surface area (Å²) in [6.07, 6.45) is 2.20. The van der Waals surface area contributed by atoms with E-state index in [1.54, 1.807) is 26.0 Å². The molecule has 2 N–H and O–H groups in total. The number of esters is 1. The molecule has 0 spiro atoms. The molecule has 0 saturated carbocycles. The molecule has 7 nitrogen and oxygen atoms in total. The van der Waals surface area contributed by atoms with Gasteiger partial charge >= 0.3 is 5.97 Å². The van der Waals surface area contributed by atoms with Gasteiger partial charge in [-0.1, -0.05) is 12.1 Å². The van der Waals surface area contributed by atoms with Gasteiger partial charge in [0, 0.05) is 5.56 Å². The van der Waals surface area contributed by atoms with Crippen LogP contribution >= 0.6 is 0 Å². The summed E-state index contributed by atoms with van der Waals surface area (Å²) in [4.78, 5) is 12.8. The molecule has 1 aromatic rings. The van der Waals surface area contributed by atoms with E-state index in [9.17, 15) is 10.1 Å². The lowest BCUT2D eigenvalue weighted by molar-refractivity contribution is -0.139. The maximum absolute atomic E-state index is 12.8. The van der Waals surface area contributed by atoms with Gasteiger partial charge in [0.05, 0.1) is 30.8 Å². The van der Waals surface area contributed by atoms with Crippen LogP contribution < -0.4 is 15.2 Å². The predicted molar refractivity (Wildman–Crippen MR) is 117 cm³/mol. The highest BCUT2D eigenvalue weighted by Gasteiger charge is 2.37. The highest BCUT2D eigenvalue weighted by Crippen LogP contribution is 2.44. The van der Waals surface area contributed by atoms with Gasteiger partial charge in [-0.3, -0.25) is 0 Å². The van der Waals surface area contributed by atoms with Crippen LogP contribution in [0.2, 0.25) is 0 Å². The number of allylic oxidation sites excluding steroid dienone is 3. The zero-order chi connectivity index (χ0) is 23.1. The van der Waals surface area contributed by atoms with Gasteiger partial charge < -0.3 is 24.7 Å². The molecule has 7 heteroatoms. The Bertz CT molecular complexity index is 953. The molecule has 1 aliphatic rings. The minimum absolute atomic E-state index is 0.0382. The normalized spacial score (nSPS) is 16.0. The highest BCUT2D eigenvalue weighted by molar-refractivity contribution is 5.92. The van der Waals surface area contributed by atoms with E-state index < -0.39 is 11.9 Å². The van der Waals surface area contributed by atoms with Crippen molar-refractivity contribution in [1.29, 1.82) is 5.26 Å². The van der Waals surface area contributed by atoms with Crippen molar-refractivity contribution in [2.24, 2.45) is 5.73 Å². The highest BCUT2D eigenvalue weighted by atomic mass is 16.5. The molecule has 0 radical (unpaired) electrons. The first kappa shape index (κ1) is 23.9. The smallest absolute Gasteiger partial charge is 0.338 e. The van der Waals surface area contributed by atoms with E-state index in [2.05, 4.69) is 12.6 Å². The van der Waals surface area contributed by atoms with Gasteiger partial charge in [0.1, 0.15) is 17.4 Å². The molecule has 0 bridgehead atoms. The van der Waals surface area contributed by atoms with Crippen LogP contribution in [-0.4, -0.2) is 25.3 Å². The van der Waals surface area contributed by atoms with Gasteiger partial charge in [-0.2, -0.15) is 5.26 Å². The number of hydrogen-bond acceptors (Lipinski definition) is 7. The van der Waals surface area contributed by atoms with E-state index in [4.69, 9.17) is 24.7 Å². The lowest BCUT2D eigenvalue weighted by Crippen LogP contribution is -2.25. The molecule has 1 unspecified atom stereocenters. The molecular formula is C24H30N2O5. The standard InChI is InChI=1S/C24H30N2O5/c1-7-10-16-11-17(12-19(28-8-2)22(16)30-14(4)5)21-18(13-25)23(26)31-15(6)20(21)24(27)29-9-3/h7,11-12,14,21H,1,8-10,26H2,2-6H3. The third-order valence-corrected chi connectivity index (χ3v) is 4.61. The number of nitriles is 1. The quantitative estimate of drug-likeness (QED) is 0.465. The van der Waals surface area contributed by atoms with Crippen LogP contribution in [0.4, 0.5) is 0 Å². The average Bonchev–Trinajstić information content (AvgIpc) is 2.69. The largest absolute Gasteiger partial charge is 0.490 e. The van der Waals surface area contributed by atoms with E-state index in [1.165, 1.54) is 0 Å². The van der Waals surface area contributed by atoms with Gasteiger partial charge in [-0.25, -0.2) is 4.79 Å². The Morgan fingerprint density at radius 2 is 2.06 bits per heavy atom. The fraction of sp³-hybridized carbons (Fsp3) is 0.417. The summed E-state index contributed by atoms with van der Waals surface area (Å²) >= 11 is 0. The predicted octanol–water partition coefficient (Wildman–Crippen LogP) is 4.25. The van der Waals surface area contributed by atoms with Crippen molar-refractivity contribution in [3.8, 4) is 17.6 Å². The topological polar surface area (TPSA) is 104 Å². The Hall–Kier alpha value is -3.40. The van der Waals surface area contributed by atoms with Gasteiger partial charge in [0.15, 0.2) is 11.5 Å². The zero-order valence-corrected chi connectivity index (χ0v) is 18.8. The van der Waals surface area contributed by atoms with Crippen molar-refractivity contribution in [2.75, 3.05) is 13.2 Å². The molecule has 31 heavy (non-hydrogen) atoms. The molecule has 0 aromatic heterocycles. The summed E-state index contributed by atoms with van der Waals surface area (Å²) in [5.41, 5.74) is 7.86. The van der Waals surface area contributed by atoms with Crippen LogP contribution in [0.5, 0.6) is 11.5 Å². The van der Waals surface area contributed by atoms with Crippen molar-refractivity contribution >= 4 is 5.97 Å². The van der Waals surface area contributed by atoms with Crippen molar-refractivity contribution < 1.29 is 23.7 Å². The number of ether oxygens (including phenoxy) is 4. The van der Waals surface area contributed by atoms with E-state index in [-0.39, 0.29) is 29.7 Å². The summed E-state index contributed by atoms with van der Waals surface area (Å²) in [6.45, 7) is 13.5. The maximum atomic E-state index is 12.8. The molecule has 0 fully saturated rings. The molecule has 1 aliphatic heterocycles. The average molecular weight is 427 g/mol. The van der Waals surface area contributed by atoms with Crippen molar-refractivity contribution in [3.63, 3.8) is 0 Å². The van der Waals surface area contributed by atoms with Crippen LogP contribution in [0.15, 0.2) is 47.6 Å². The van der Waals surface area contributed by atoms with Gasteiger partial charge in [0.25, 0.3) is 0 Å². The third-order valence-electron chi connectivity index (χ3n) is 4.61. The Kier molecular flexibility index (Phi) is 8.14. The lowest BCUT2D eigenvalue weighted by Gasteiger charge is -2.28. The molecular weight excluding hydrogens is 396 g/mol. The molecule has 2 rings (SSSR count). The van der Waals surface area contributed by atoms with Gasteiger partial charge in [0.2, 0.25) is 5.88 Å². The number of carbonyl (C=O) groups is 1. The summed E-state index contributed by atoms with van der Waals surface area (Å²) in [6, 6.07) is 5.76. The molecule has 0 amide bonds. The number of hydrogen-bond donors (Lipinski definition) is 1. The fourth-order valence-corrected chi connectivity index (χ4v) is 3.48. The van der Waals surface area contributed by atoms with Crippen LogP contribution in [0, 0.1) is 11.3 Å². The molecule has 1 atom stereocenters. The molecule has 1 heterocycles. The van der Waals surface area contributed by atoms with Gasteiger partial charge in [-0.15, -0.1) is 6.58 Å². The van der Waals surface area contributed by atoms with Crippen molar-refractivity contribution in [2.45, 2.75) is 53.1 Å². The summed E-state index contributed by atoms with van der Waals surface area (Å²) in [5.74, 6) is 0.0781. The maximum Gasteiger partial charge on any atom is 0.338 e. The summed E-state index contributed by atoms with van der Waals surface area (Å²) in [7, 11) is 0. The Morgan fingerprint density at radius 1 is 1.35 bits per heavy atom. The minimum Gasteiger partial charge on any atom is -0.490 e. The first-order valence-electron chi connectivity index (χ1n) is 10.3. The molecule has 166 valence electrons. The first-order chi connectivity index (χ1) is 14.8. The number of rotatable bonds is 9. The monoisotopic (exact) mass is 426 g/mol. The second-order valence-corrected chi connectivity index (χ2v) is 7.21. The fourth-order valence-electron chi connectivity index (χ4n) is 3.48. The lowest BCUT2D eigenvalue weighted by atomic mass is 9.82. The summed E-state index contributed by atoms with van der Waals surface area (Å²) in [5, 5.41) is 9.81. The minimum atomic E-state index is -0.756. The number of benzene rings is 1. The summed E-state index contributed by atoms with van der Waals surface area (Å²) < 4.78 is 22.6. The van der Waals surface area contributed by atoms with E-state index in [1.807, 2.05) is 26.8 Å². The number of carbonyl (C=O) groups excluding carboxylic acids is 1. The molecule has 0 aliphatic carbocycles. The number of nitrogens with two attached hydrogens (primary N) is 1. The van der Waals surface area contributed by atoms with Crippen molar-refractivity contribution in [1.82, 2.24) is 0 Å². The van der Waals surface area contributed by atoms with Crippen LogP contribution in [-0.2, 0) is 20.7 Å². The Balaban J connectivity index is 2.79. The van der Waals surface area contributed by atoms with E-state index >= 15 is 0 Å². The van der Waals surface area contributed by atoms with Crippen LogP contribution in [0.25, 0.3) is 0 Å². The second kappa shape index (κ2) is 10.6. The zero-order valence-electron chi connectivity index (χ0n) is 18.8. The van der Waals surface area contributed by atoms with Crippen LogP contribution in [0.1, 0.15) is 51.7 Å². The third kappa shape index (κ3) is 5.21.